The van der Waals surface area contributed by atoms with Crippen molar-refractivity contribution >= 4 is 40.7 Å². The van der Waals surface area contributed by atoms with Crippen LogP contribution in [0, 0.1) is 11.6 Å². The van der Waals surface area contributed by atoms with E-state index in [0.29, 0.717) is 45.0 Å². The number of likely N-dealkylation sites (N-methyl/N-ethyl adjacent to an activating group) is 1. The third-order valence-corrected chi connectivity index (χ3v) is 7.15. The summed E-state index contributed by atoms with van der Waals surface area (Å²) < 4.78 is 34.5. The molecule has 5 aromatic rings. The number of carboxylic acid groups (broad SMARTS) is 1. The van der Waals surface area contributed by atoms with Gasteiger partial charge >= 0.3 is 6.09 Å². The van der Waals surface area contributed by atoms with Crippen LogP contribution in [0.4, 0.5) is 30.9 Å². The second-order valence-electron chi connectivity index (χ2n) is 9.67. The van der Waals surface area contributed by atoms with E-state index in [0.717, 1.165) is 30.4 Å². The number of benzene rings is 3. The van der Waals surface area contributed by atoms with E-state index in [1.54, 1.807) is 23.8 Å². The van der Waals surface area contributed by atoms with Crippen LogP contribution in [0.5, 0.6) is 5.75 Å². The minimum Gasteiger partial charge on any atom is -0.492 e. The molecule has 2 aromatic heterocycles. The summed E-state index contributed by atoms with van der Waals surface area (Å²) in [7, 11) is 3.94. The first-order valence-corrected chi connectivity index (χ1v) is 14.1. The molecule has 2 heterocycles. The number of ether oxygens (including phenoxy) is 1. The zero-order valence-electron chi connectivity index (χ0n) is 23.6. The third-order valence-electron chi connectivity index (χ3n) is 6.30. The van der Waals surface area contributed by atoms with E-state index in [1.165, 1.54) is 29.5 Å². The van der Waals surface area contributed by atoms with E-state index in [9.17, 15) is 23.5 Å². The monoisotopic (exact) mass is 616 g/mol. The van der Waals surface area contributed by atoms with E-state index < -0.39 is 29.2 Å². The molecule has 0 radical (unpaired) electrons. The molecule has 10 nitrogen and oxygen atoms in total. The Hall–Kier alpha value is -5.27. The van der Waals surface area contributed by atoms with Crippen LogP contribution in [-0.4, -0.2) is 64.2 Å². The van der Waals surface area contributed by atoms with Crippen LogP contribution in [0.15, 0.2) is 84.5 Å². The normalized spacial score (nSPS) is 10.9. The van der Waals surface area contributed by atoms with E-state index >= 15 is 0 Å². The second kappa shape index (κ2) is 13.4. The highest BCUT2D eigenvalue weighted by molar-refractivity contribution is 7.13. The predicted molar refractivity (Wildman–Crippen MR) is 164 cm³/mol. The Morgan fingerprint density at radius 3 is 2.48 bits per heavy atom. The molecule has 0 aliphatic rings. The molecule has 0 saturated carbocycles. The number of anilines is 3. The lowest BCUT2D eigenvalue weighted by atomic mass is 10.1. The van der Waals surface area contributed by atoms with Crippen molar-refractivity contribution in [3.63, 3.8) is 0 Å². The van der Waals surface area contributed by atoms with E-state index in [2.05, 4.69) is 20.3 Å². The van der Waals surface area contributed by atoms with Crippen molar-refractivity contribution < 1.29 is 28.2 Å². The smallest absolute Gasteiger partial charge is 0.419 e. The van der Waals surface area contributed by atoms with Gasteiger partial charge in [0.25, 0.3) is 5.91 Å². The third kappa shape index (κ3) is 6.85. The largest absolute Gasteiger partial charge is 0.492 e. The van der Waals surface area contributed by atoms with Crippen LogP contribution in [0.1, 0.15) is 10.4 Å². The topological polar surface area (TPSA) is 121 Å². The Balaban J connectivity index is 1.41. The van der Waals surface area contributed by atoms with Crippen LogP contribution >= 0.6 is 11.3 Å². The number of nitrogens with one attached hydrogen (secondary N) is 1. The minimum absolute atomic E-state index is 0.112. The quantitative estimate of drug-likeness (QED) is 0.180. The average Bonchev–Trinajstić information content (AvgIpc) is 3.48. The Labute approximate surface area is 255 Å². The molecule has 2 amide bonds. The van der Waals surface area contributed by atoms with Gasteiger partial charge < -0.3 is 20.1 Å². The van der Waals surface area contributed by atoms with Crippen molar-refractivity contribution in [2.45, 2.75) is 0 Å². The van der Waals surface area contributed by atoms with Gasteiger partial charge in [-0.2, -0.15) is 0 Å². The highest BCUT2D eigenvalue weighted by Gasteiger charge is 2.29. The Kier molecular flexibility index (Phi) is 9.17. The van der Waals surface area contributed by atoms with Crippen LogP contribution in [0.25, 0.3) is 21.8 Å². The maximum absolute atomic E-state index is 14.3. The Bertz CT molecular complexity index is 1800. The molecule has 0 aliphatic carbocycles. The molecule has 5 rings (SSSR count). The van der Waals surface area contributed by atoms with Gasteiger partial charge in [-0.25, -0.2) is 33.4 Å². The van der Waals surface area contributed by atoms with Crippen molar-refractivity contribution in [3.05, 3.63) is 102 Å². The highest BCUT2D eigenvalue weighted by atomic mass is 32.1. The first kappa shape index (κ1) is 30.2. The molecule has 0 aliphatic heterocycles. The number of thiazole rings is 1. The SMILES string of the molecule is CN(C)CCOc1cccc(Nc2nccc(-c3scnc3-c3cccc(N(C(=O)O)C(=O)c4c(F)cccc4F)c3)n2)c1. The van der Waals surface area contributed by atoms with Gasteiger partial charge in [0.1, 0.15) is 29.6 Å². The van der Waals surface area contributed by atoms with Crippen molar-refractivity contribution in [2.75, 3.05) is 37.5 Å². The van der Waals surface area contributed by atoms with Gasteiger partial charge in [0, 0.05) is 30.1 Å². The summed E-state index contributed by atoms with van der Waals surface area (Å²) in [6.45, 7) is 1.31. The van der Waals surface area contributed by atoms with Crippen LogP contribution in [-0.2, 0) is 0 Å². The van der Waals surface area contributed by atoms with Gasteiger partial charge in [0.15, 0.2) is 0 Å². The van der Waals surface area contributed by atoms with Crippen LogP contribution in [0.2, 0.25) is 0 Å². The van der Waals surface area contributed by atoms with Crippen molar-refractivity contribution in [1.82, 2.24) is 19.9 Å². The standard InChI is InChI=1S/C31H26F2N6O4S/c1-38(2)14-15-43-22-9-4-7-20(17-22)36-30-34-13-12-25(37-30)28-27(35-18-44-28)19-6-3-8-21(16-19)39(31(41)42)29(40)26-23(32)10-5-11-24(26)33/h3-13,16-18H,14-15H2,1-2H3,(H,41,42)(H,34,36,37). The maximum Gasteiger partial charge on any atom is 0.419 e. The van der Waals surface area contributed by atoms with Crippen LogP contribution < -0.4 is 15.0 Å². The summed E-state index contributed by atoms with van der Waals surface area (Å²) in [4.78, 5) is 41.5. The van der Waals surface area contributed by atoms with E-state index in [-0.39, 0.29) is 5.69 Å². The van der Waals surface area contributed by atoms with Crippen molar-refractivity contribution in [2.24, 2.45) is 0 Å². The lowest BCUT2D eigenvalue weighted by Crippen LogP contribution is -2.37. The number of nitrogens with zero attached hydrogens (tertiary/aromatic N) is 5. The molecule has 0 unspecified atom stereocenters. The number of hydrogen-bond acceptors (Lipinski definition) is 9. The molecule has 0 spiro atoms. The lowest BCUT2D eigenvalue weighted by Gasteiger charge is -2.19. The zero-order valence-corrected chi connectivity index (χ0v) is 24.4. The number of aromatic nitrogens is 3. The first-order valence-electron chi connectivity index (χ1n) is 13.2. The van der Waals surface area contributed by atoms with Gasteiger partial charge in [0.2, 0.25) is 5.95 Å². The minimum atomic E-state index is -1.70. The van der Waals surface area contributed by atoms with E-state index in [1.807, 2.05) is 43.3 Å². The van der Waals surface area contributed by atoms with Gasteiger partial charge in [-0.05, 0) is 56.6 Å². The van der Waals surface area contributed by atoms with Gasteiger partial charge in [-0.15, -0.1) is 11.3 Å². The molecule has 0 atom stereocenters. The highest BCUT2D eigenvalue weighted by Crippen LogP contribution is 2.36. The van der Waals surface area contributed by atoms with Gasteiger partial charge in [-0.3, -0.25) is 4.79 Å². The fraction of sp³-hybridized carbons (Fsp3) is 0.129. The number of imide groups is 1. The number of carbonyl (C=O) groups excluding carboxylic acids is 1. The fourth-order valence-corrected chi connectivity index (χ4v) is 5.02. The average molecular weight is 617 g/mol. The van der Waals surface area contributed by atoms with Crippen molar-refractivity contribution in [1.29, 1.82) is 0 Å². The number of carbonyl (C=O) groups is 2. The summed E-state index contributed by atoms with van der Waals surface area (Å²) in [6, 6.07) is 18.0. The second-order valence-corrected chi connectivity index (χ2v) is 10.5. The predicted octanol–water partition coefficient (Wildman–Crippen LogP) is 6.55. The molecule has 0 fully saturated rings. The molecule has 2 N–H and O–H groups in total. The molecule has 3 aromatic carbocycles. The number of rotatable bonds is 10. The van der Waals surface area contributed by atoms with E-state index in [4.69, 9.17) is 4.74 Å². The Morgan fingerprint density at radius 2 is 1.73 bits per heavy atom. The summed E-state index contributed by atoms with van der Waals surface area (Å²) in [5.41, 5.74) is 2.72. The molecular formula is C31H26F2N6O4S. The van der Waals surface area contributed by atoms with Crippen LogP contribution in [0.3, 0.4) is 0 Å². The summed E-state index contributed by atoms with van der Waals surface area (Å²) in [5.74, 6) is -2.67. The number of halogens is 2. The summed E-state index contributed by atoms with van der Waals surface area (Å²) in [6.07, 6.45) is -0.109. The van der Waals surface area contributed by atoms with Gasteiger partial charge in [-0.1, -0.05) is 24.3 Å². The number of amides is 2. The van der Waals surface area contributed by atoms with Crippen molar-refractivity contribution in [3.8, 4) is 27.6 Å². The molecule has 224 valence electrons. The summed E-state index contributed by atoms with van der Waals surface area (Å²) in [5, 5.41) is 13.0. The summed E-state index contributed by atoms with van der Waals surface area (Å²) >= 11 is 1.30. The number of hydrogen-bond donors (Lipinski definition) is 2. The zero-order chi connectivity index (χ0) is 31.2. The molecule has 0 saturated heterocycles. The lowest BCUT2D eigenvalue weighted by molar-refractivity contribution is 0.0975. The fourth-order valence-electron chi connectivity index (χ4n) is 4.24. The molecule has 13 heteroatoms. The maximum atomic E-state index is 14.3. The molecular weight excluding hydrogens is 590 g/mol. The van der Waals surface area contributed by atoms with Gasteiger partial charge in [0.05, 0.1) is 27.5 Å². The molecule has 44 heavy (non-hydrogen) atoms. The molecule has 0 bridgehead atoms. The first-order chi connectivity index (χ1) is 21.2. The Morgan fingerprint density at radius 1 is 0.977 bits per heavy atom.